The minimum Gasteiger partial charge on any atom is -0.504 e. The molecule has 0 atom stereocenters. The number of thioether (sulfide) groups is 1. The molecular weight excluding hydrogens is 370 g/mol. The molecule has 0 bridgehead atoms. The highest BCUT2D eigenvalue weighted by Crippen LogP contribution is 2.35. The number of amidine groups is 1. The van der Waals surface area contributed by atoms with Gasteiger partial charge in [-0.2, -0.15) is 4.99 Å². The topological polar surface area (TPSA) is 75.0 Å². The van der Waals surface area contributed by atoms with Crippen molar-refractivity contribution in [2.45, 2.75) is 6.92 Å². The molecule has 0 spiro atoms. The molecule has 8 heteroatoms. The Hall–Kier alpha value is -2.58. The molecule has 3 rings (SSSR count). The van der Waals surface area contributed by atoms with Gasteiger partial charge in [-0.3, -0.25) is 9.69 Å². The van der Waals surface area contributed by atoms with Crippen molar-refractivity contribution in [3.63, 3.8) is 0 Å². The van der Waals surface area contributed by atoms with Gasteiger partial charge in [-0.15, -0.1) is 17.9 Å². The van der Waals surface area contributed by atoms with Crippen LogP contribution in [0.1, 0.15) is 12.5 Å². The van der Waals surface area contributed by atoms with E-state index in [0.29, 0.717) is 34.1 Å². The Kier molecular flexibility index (Phi) is 5.75. The Balaban J connectivity index is 1.93. The molecule has 26 heavy (non-hydrogen) atoms. The van der Waals surface area contributed by atoms with Gasteiger partial charge in [0.1, 0.15) is 0 Å². The van der Waals surface area contributed by atoms with Crippen LogP contribution in [0.3, 0.4) is 0 Å². The van der Waals surface area contributed by atoms with E-state index in [1.165, 1.54) is 23.1 Å². The summed E-state index contributed by atoms with van der Waals surface area (Å²) in [7, 11) is 0. The number of carbonyl (C=O) groups excluding carboxylic acids is 1. The van der Waals surface area contributed by atoms with Crippen LogP contribution in [-0.4, -0.2) is 39.2 Å². The number of aliphatic imine (C=N–C) groups is 1. The van der Waals surface area contributed by atoms with Crippen molar-refractivity contribution in [2.75, 3.05) is 13.2 Å². The smallest absolute Gasteiger partial charge is 0.267 e. The van der Waals surface area contributed by atoms with Gasteiger partial charge >= 0.3 is 0 Å². The molecule has 0 radical (unpaired) electrons. The fourth-order valence-corrected chi connectivity index (χ4v) is 3.83. The number of carbonyl (C=O) groups is 1. The molecule has 1 fully saturated rings. The molecule has 2 aromatic rings. The van der Waals surface area contributed by atoms with Crippen LogP contribution in [0, 0.1) is 0 Å². The van der Waals surface area contributed by atoms with E-state index in [0.717, 1.165) is 5.56 Å². The first kappa shape index (κ1) is 18.2. The quantitative estimate of drug-likeness (QED) is 0.598. The normalized spacial score (nSPS) is 17.3. The molecule has 1 aromatic heterocycles. The lowest BCUT2D eigenvalue weighted by atomic mass is 10.2. The Labute approximate surface area is 159 Å². The SMILES string of the molecule is C=CCN1C(=O)/C(=C/c2ccc(O)c(OCC)c2)S/C1=N/c1nccs1. The fourth-order valence-electron chi connectivity index (χ4n) is 2.28. The van der Waals surface area contributed by atoms with Gasteiger partial charge in [0.05, 0.1) is 11.5 Å². The summed E-state index contributed by atoms with van der Waals surface area (Å²) in [5, 5.41) is 12.8. The van der Waals surface area contributed by atoms with Gasteiger partial charge in [0.2, 0.25) is 5.13 Å². The predicted octanol–water partition coefficient (Wildman–Crippen LogP) is 4.04. The highest BCUT2D eigenvalue weighted by Gasteiger charge is 2.32. The molecule has 6 nitrogen and oxygen atoms in total. The summed E-state index contributed by atoms with van der Waals surface area (Å²) in [5.74, 6) is 0.312. The molecule has 0 saturated carbocycles. The van der Waals surface area contributed by atoms with Crippen molar-refractivity contribution in [1.82, 2.24) is 9.88 Å². The van der Waals surface area contributed by atoms with Gasteiger partial charge in [0.25, 0.3) is 5.91 Å². The maximum Gasteiger partial charge on any atom is 0.267 e. The zero-order chi connectivity index (χ0) is 18.5. The van der Waals surface area contributed by atoms with Crippen molar-refractivity contribution >= 4 is 45.4 Å². The van der Waals surface area contributed by atoms with Gasteiger partial charge in [0, 0.05) is 18.1 Å². The Bertz CT molecular complexity index is 876. The molecule has 134 valence electrons. The van der Waals surface area contributed by atoms with E-state index >= 15 is 0 Å². The lowest BCUT2D eigenvalue weighted by molar-refractivity contribution is -0.121. The second-order valence-corrected chi connectivity index (χ2v) is 7.07. The summed E-state index contributed by atoms with van der Waals surface area (Å²) in [6.07, 6.45) is 5.09. The largest absolute Gasteiger partial charge is 0.504 e. The average molecular weight is 387 g/mol. The molecule has 1 N–H and O–H groups in total. The van der Waals surface area contributed by atoms with Crippen molar-refractivity contribution in [1.29, 1.82) is 0 Å². The van der Waals surface area contributed by atoms with Gasteiger partial charge in [-0.05, 0) is 42.5 Å². The van der Waals surface area contributed by atoms with E-state index in [2.05, 4.69) is 16.6 Å². The number of rotatable bonds is 6. The standard InChI is InChI=1S/C18H17N3O3S2/c1-3-8-21-16(23)15(26-18(21)20-17-19-7-9-25-17)11-12-5-6-13(22)14(10-12)24-4-2/h3,5-7,9-11,22H,1,4,8H2,2H3/b15-11-,20-18+. The lowest BCUT2D eigenvalue weighted by Gasteiger charge is -2.11. The maximum absolute atomic E-state index is 12.7. The van der Waals surface area contributed by atoms with Crippen LogP contribution < -0.4 is 4.74 Å². The number of phenolic OH excluding ortho intramolecular Hbond substituents is 1. The number of hydrogen-bond acceptors (Lipinski definition) is 7. The third-order valence-electron chi connectivity index (χ3n) is 3.39. The van der Waals surface area contributed by atoms with Crippen LogP contribution in [0.4, 0.5) is 5.13 Å². The molecule has 1 aliphatic rings. The van der Waals surface area contributed by atoms with E-state index in [9.17, 15) is 9.90 Å². The third-order valence-corrected chi connectivity index (χ3v) is 5.06. The zero-order valence-electron chi connectivity index (χ0n) is 14.1. The predicted molar refractivity (Wildman–Crippen MR) is 106 cm³/mol. The molecule has 0 aliphatic carbocycles. The number of ether oxygens (including phenoxy) is 1. The number of amides is 1. The first-order valence-electron chi connectivity index (χ1n) is 7.88. The fraction of sp³-hybridized carbons (Fsp3) is 0.167. The molecule has 0 unspecified atom stereocenters. The Morgan fingerprint density at radius 3 is 3.00 bits per heavy atom. The third kappa shape index (κ3) is 3.97. The number of aromatic nitrogens is 1. The van der Waals surface area contributed by atoms with Crippen molar-refractivity contribution in [2.24, 2.45) is 4.99 Å². The summed E-state index contributed by atoms with van der Waals surface area (Å²) in [4.78, 5) is 23.4. The number of nitrogens with zero attached hydrogens (tertiary/aromatic N) is 3. The number of thiazole rings is 1. The van der Waals surface area contributed by atoms with Crippen LogP contribution >= 0.6 is 23.1 Å². The minimum atomic E-state index is -0.142. The Morgan fingerprint density at radius 1 is 1.46 bits per heavy atom. The van der Waals surface area contributed by atoms with Crippen molar-refractivity contribution < 1.29 is 14.6 Å². The molecular formula is C18H17N3O3S2. The van der Waals surface area contributed by atoms with Crippen molar-refractivity contribution in [3.05, 3.63) is 52.9 Å². The number of hydrogen-bond donors (Lipinski definition) is 1. The lowest BCUT2D eigenvalue weighted by Crippen LogP contribution is -2.29. The monoisotopic (exact) mass is 387 g/mol. The minimum absolute atomic E-state index is 0.0682. The summed E-state index contributed by atoms with van der Waals surface area (Å²) < 4.78 is 5.39. The van der Waals surface area contributed by atoms with E-state index in [-0.39, 0.29) is 11.7 Å². The molecule has 2 heterocycles. The van der Waals surface area contributed by atoms with Crippen LogP contribution in [0.2, 0.25) is 0 Å². The van der Waals surface area contributed by atoms with E-state index in [4.69, 9.17) is 4.74 Å². The van der Waals surface area contributed by atoms with E-state index in [1.807, 2.05) is 12.3 Å². The summed E-state index contributed by atoms with van der Waals surface area (Å²) in [5.41, 5.74) is 0.760. The number of aromatic hydroxyl groups is 1. The number of phenols is 1. The second-order valence-electron chi connectivity index (χ2n) is 5.18. The van der Waals surface area contributed by atoms with Crippen LogP contribution in [0.25, 0.3) is 6.08 Å². The highest BCUT2D eigenvalue weighted by molar-refractivity contribution is 8.18. The van der Waals surface area contributed by atoms with Crippen LogP contribution in [0.5, 0.6) is 11.5 Å². The molecule has 1 aromatic carbocycles. The van der Waals surface area contributed by atoms with Gasteiger partial charge in [-0.25, -0.2) is 4.98 Å². The summed E-state index contributed by atoms with van der Waals surface area (Å²) in [6.45, 7) is 6.36. The average Bonchev–Trinajstić information content (AvgIpc) is 3.23. The molecule has 1 saturated heterocycles. The second kappa shape index (κ2) is 8.20. The number of benzene rings is 1. The summed E-state index contributed by atoms with van der Waals surface area (Å²) >= 11 is 2.69. The molecule has 1 aliphatic heterocycles. The first-order valence-corrected chi connectivity index (χ1v) is 9.58. The van der Waals surface area contributed by atoms with Crippen molar-refractivity contribution in [3.8, 4) is 11.5 Å². The van der Waals surface area contributed by atoms with Gasteiger partial charge in [-0.1, -0.05) is 12.1 Å². The highest BCUT2D eigenvalue weighted by atomic mass is 32.2. The van der Waals surface area contributed by atoms with E-state index in [1.54, 1.807) is 41.4 Å². The zero-order valence-corrected chi connectivity index (χ0v) is 15.7. The van der Waals surface area contributed by atoms with Crippen LogP contribution in [0.15, 0.2) is 52.3 Å². The van der Waals surface area contributed by atoms with Gasteiger partial charge < -0.3 is 9.84 Å². The van der Waals surface area contributed by atoms with E-state index < -0.39 is 0 Å². The maximum atomic E-state index is 12.7. The van der Waals surface area contributed by atoms with Gasteiger partial charge in [0.15, 0.2) is 16.7 Å². The first-order chi connectivity index (χ1) is 12.6. The molecule has 1 amide bonds. The summed E-state index contributed by atoms with van der Waals surface area (Å²) in [6, 6.07) is 4.98. The Morgan fingerprint density at radius 2 is 2.31 bits per heavy atom. The van der Waals surface area contributed by atoms with Crippen LogP contribution in [-0.2, 0) is 4.79 Å².